The molecule has 1 aromatic heterocycles. The summed E-state index contributed by atoms with van der Waals surface area (Å²) >= 11 is 0. The Morgan fingerprint density at radius 1 is 1.27 bits per heavy atom. The van der Waals surface area contributed by atoms with Crippen LogP contribution in [-0.2, 0) is 0 Å². The van der Waals surface area contributed by atoms with Crippen molar-refractivity contribution in [3.8, 4) is 0 Å². The molecule has 0 atom stereocenters. The van der Waals surface area contributed by atoms with E-state index in [-0.39, 0.29) is 0 Å². The van der Waals surface area contributed by atoms with Crippen LogP contribution in [0.25, 0.3) is 11.0 Å². The first-order valence-corrected chi connectivity index (χ1v) is 5.48. The Morgan fingerprint density at radius 3 is 2.73 bits per heavy atom. The standard InChI is InChI=1S/C13H17NO/c1-4-14-13-8-11-6-5-10(9(2)3)7-12(11)15-13/h5-9,14H,4H2,1-3H3. The lowest BCUT2D eigenvalue weighted by Gasteiger charge is -2.03. The Balaban J connectivity index is 2.43. The van der Waals surface area contributed by atoms with Gasteiger partial charge in [-0.25, -0.2) is 0 Å². The van der Waals surface area contributed by atoms with Crippen LogP contribution in [0.1, 0.15) is 32.3 Å². The van der Waals surface area contributed by atoms with Crippen LogP contribution in [0.2, 0.25) is 0 Å². The van der Waals surface area contributed by atoms with E-state index in [0.29, 0.717) is 5.92 Å². The van der Waals surface area contributed by atoms with Gasteiger partial charge in [-0.2, -0.15) is 0 Å². The molecule has 2 nitrogen and oxygen atoms in total. The number of benzene rings is 1. The zero-order chi connectivity index (χ0) is 10.8. The third-order valence-corrected chi connectivity index (χ3v) is 2.56. The SMILES string of the molecule is CCNc1cc2ccc(C(C)C)cc2o1. The highest BCUT2D eigenvalue weighted by Gasteiger charge is 2.05. The van der Waals surface area contributed by atoms with Gasteiger partial charge in [0, 0.05) is 18.0 Å². The first-order valence-electron chi connectivity index (χ1n) is 5.48. The Labute approximate surface area is 90.3 Å². The molecule has 0 radical (unpaired) electrons. The average molecular weight is 203 g/mol. The van der Waals surface area contributed by atoms with E-state index in [1.54, 1.807) is 0 Å². The van der Waals surface area contributed by atoms with E-state index in [1.807, 2.05) is 6.07 Å². The Kier molecular flexibility index (Phi) is 2.67. The summed E-state index contributed by atoms with van der Waals surface area (Å²) in [6.07, 6.45) is 0. The highest BCUT2D eigenvalue weighted by atomic mass is 16.3. The Bertz CT molecular complexity index is 457. The number of rotatable bonds is 3. The van der Waals surface area contributed by atoms with Crippen molar-refractivity contribution >= 4 is 16.9 Å². The van der Waals surface area contributed by atoms with Gasteiger partial charge in [0.15, 0.2) is 5.88 Å². The molecule has 2 heteroatoms. The van der Waals surface area contributed by atoms with Gasteiger partial charge < -0.3 is 9.73 Å². The van der Waals surface area contributed by atoms with Crippen molar-refractivity contribution in [3.05, 3.63) is 29.8 Å². The minimum atomic E-state index is 0.544. The van der Waals surface area contributed by atoms with Crippen LogP contribution in [0.15, 0.2) is 28.7 Å². The van der Waals surface area contributed by atoms with Crippen LogP contribution >= 0.6 is 0 Å². The molecule has 0 unspecified atom stereocenters. The summed E-state index contributed by atoms with van der Waals surface area (Å²) in [5.41, 5.74) is 2.29. The molecular formula is C13H17NO. The molecule has 2 aromatic rings. The molecule has 0 aliphatic heterocycles. The van der Waals surface area contributed by atoms with Crippen LogP contribution in [0.3, 0.4) is 0 Å². The van der Waals surface area contributed by atoms with Gasteiger partial charge in [0.1, 0.15) is 5.58 Å². The second kappa shape index (κ2) is 3.97. The summed E-state index contributed by atoms with van der Waals surface area (Å²) in [6.45, 7) is 7.33. The number of fused-ring (bicyclic) bond motifs is 1. The maximum absolute atomic E-state index is 5.69. The molecule has 2 rings (SSSR count). The molecule has 0 saturated carbocycles. The van der Waals surface area contributed by atoms with Gasteiger partial charge in [-0.15, -0.1) is 0 Å². The van der Waals surface area contributed by atoms with Gasteiger partial charge in [-0.3, -0.25) is 0 Å². The molecule has 0 aliphatic rings. The summed E-state index contributed by atoms with van der Waals surface area (Å²) in [5.74, 6) is 1.40. The molecule has 0 spiro atoms. The molecule has 0 amide bonds. The van der Waals surface area contributed by atoms with Gasteiger partial charge in [0.05, 0.1) is 0 Å². The lowest BCUT2D eigenvalue weighted by molar-refractivity contribution is 0.627. The van der Waals surface area contributed by atoms with Gasteiger partial charge in [-0.1, -0.05) is 26.0 Å². The fourth-order valence-electron chi connectivity index (χ4n) is 1.67. The maximum atomic E-state index is 5.69. The lowest BCUT2D eigenvalue weighted by Crippen LogP contribution is -1.93. The van der Waals surface area contributed by atoms with E-state index < -0.39 is 0 Å². The monoisotopic (exact) mass is 203 g/mol. The van der Waals surface area contributed by atoms with Crippen molar-refractivity contribution in [2.45, 2.75) is 26.7 Å². The zero-order valence-electron chi connectivity index (χ0n) is 9.50. The molecule has 0 saturated heterocycles. The molecule has 0 fully saturated rings. The van der Waals surface area contributed by atoms with Crippen LogP contribution < -0.4 is 5.32 Å². The summed E-state index contributed by atoms with van der Waals surface area (Å²) in [4.78, 5) is 0. The number of furan rings is 1. The van der Waals surface area contributed by atoms with Gasteiger partial charge in [0.2, 0.25) is 0 Å². The quantitative estimate of drug-likeness (QED) is 0.816. The normalized spacial score (nSPS) is 11.2. The largest absolute Gasteiger partial charge is 0.441 e. The minimum absolute atomic E-state index is 0.544. The number of hydrogen-bond donors (Lipinski definition) is 1. The molecule has 0 bridgehead atoms. The molecule has 1 N–H and O–H groups in total. The van der Waals surface area contributed by atoms with Crippen LogP contribution in [0.4, 0.5) is 5.88 Å². The van der Waals surface area contributed by atoms with Crippen LogP contribution in [0.5, 0.6) is 0 Å². The second-order valence-electron chi connectivity index (χ2n) is 4.09. The average Bonchev–Trinajstić information content (AvgIpc) is 2.59. The highest BCUT2D eigenvalue weighted by molar-refractivity contribution is 5.81. The van der Waals surface area contributed by atoms with E-state index in [9.17, 15) is 0 Å². The van der Waals surface area contributed by atoms with Crippen LogP contribution in [0, 0.1) is 0 Å². The fourth-order valence-corrected chi connectivity index (χ4v) is 1.67. The van der Waals surface area contributed by atoms with Gasteiger partial charge >= 0.3 is 0 Å². The highest BCUT2D eigenvalue weighted by Crippen LogP contribution is 2.26. The summed E-state index contributed by atoms with van der Waals surface area (Å²) in [7, 11) is 0. The summed E-state index contributed by atoms with van der Waals surface area (Å²) in [5, 5.41) is 4.34. The molecular weight excluding hydrogens is 186 g/mol. The lowest BCUT2D eigenvalue weighted by atomic mass is 10.0. The Morgan fingerprint density at radius 2 is 2.07 bits per heavy atom. The van der Waals surface area contributed by atoms with E-state index in [2.05, 4.69) is 44.3 Å². The van der Waals surface area contributed by atoms with Crippen molar-refractivity contribution in [1.29, 1.82) is 0 Å². The van der Waals surface area contributed by atoms with Crippen LogP contribution in [-0.4, -0.2) is 6.54 Å². The van der Waals surface area contributed by atoms with E-state index >= 15 is 0 Å². The van der Waals surface area contributed by atoms with Crippen molar-refractivity contribution in [2.24, 2.45) is 0 Å². The van der Waals surface area contributed by atoms with Crippen molar-refractivity contribution in [1.82, 2.24) is 0 Å². The Hall–Kier alpha value is -1.44. The second-order valence-corrected chi connectivity index (χ2v) is 4.09. The number of hydrogen-bond acceptors (Lipinski definition) is 2. The predicted octanol–water partition coefficient (Wildman–Crippen LogP) is 3.99. The van der Waals surface area contributed by atoms with Crippen molar-refractivity contribution in [2.75, 3.05) is 11.9 Å². The van der Waals surface area contributed by atoms with Gasteiger partial charge in [-0.05, 0) is 24.5 Å². The summed E-state index contributed by atoms with van der Waals surface area (Å²) < 4.78 is 5.69. The first kappa shape index (κ1) is 10.1. The minimum Gasteiger partial charge on any atom is -0.441 e. The molecule has 0 aliphatic carbocycles. The number of anilines is 1. The smallest absolute Gasteiger partial charge is 0.194 e. The van der Waals surface area contributed by atoms with Gasteiger partial charge in [0.25, 0.3) is 0 Å². The van der Waals surface area contributed by atoms with Crippen molar-refractivity contribution in [3.63, 3.8) is 0 Å². The molecule has 80 valence electrons. The van der Waals surface area contributed by atoms with E-state index in [4.69, 9.17) is 4.42 Å². The summed E-state index contributed by atoms with van der Waals surface area (Å²) in [6, 6.07) is 8.46. The number of nitrogens with one attached hydrogen (secondary N) is 1. The third-order valence-electron chi connectivity index (χ3n) is 2.56. The molecule has 15 heavy (non-hydrogen) atoms. The maximum Gasteiger partial charge on any atom is 0.194 e. The first-order chi connectivity index (χ1) is 7.20. The zero-order valence-corrected chi connectivity index (χ0v) is 9.50. The molecule has 1 aromatic carbocycles. The predicted molar refractivity (Wildman–Crippen MR) is 64.5 cm³/mol. The van der Waals surface area contributed by atoms with E-state index in [1.165, 1.54) is 5.56 Å². The van der Waals surface area contributed by atoms with Crippen molar-refractivity contribution < 1.29 is 4.42 Å². The molecule has 1 heterocycles. The topological polar surface area (TPSA) is 25.2 Å². The fraction of sp³-hybridized carbons (Fsp3) is 0.385. The van der Waals surface area contributed by atoms with E-state index in [0.717, 1.165) is 23.4 Å². The third kappa shape index (κ3) is 1.99.